The van der Waals surface area contributed by atoms with Crippen molar-refractivity contribution in [3.8, 4) is 0 Å². The van der Waals surface area contributed by atoms with E-state index in [2.05, 4.69) is 5.32 Å². The fourth-order valence-electron chi connectivity index (χ4n) is 3.96. The van der Waals surface area contributed by atoms with Crippen molar-refractivity contribution in [1.82, 2.24) is 9.62 Å². The molecule has 144 valence electrons. The zero-order valence-electron chi connectivity index (χ0n) is 15.4. The fourth-order valence-corrected chi connectivity index (χ4v) is 5.48. The van der Waals surface area contributed by atoms with Crippen LogP contribution in [0.25, 0.3) is 0 Å². The van der Waals surface area contributed by atoms with Crippen molar-refractivity contribution in [3.63, 3.8) is 0 Å². The largest absolute Gasteiger partial charge is 0.352 e. The average molecular weight is 380 g/mol. The molecular formula is C19H29N3O3S. The van der Waals surface area contributed by atoms with Crippen LogP contribution in [0.5, 0.6) is 0 Å². The Morgan fingerprint density at radius 1 is 1.19 bits per heavy atom. The van der Waals surface area contributed by atoms with E-state index < -0.39 is 15.6 Å². The monoisotopic (exact) mass is 379 g/mol. The third kappa shape index (κ3) is 4.10. The van der Waals surface area contributed by atoms with Crippen LogP contribution in [-0.4, -0.2) is 37.3 Å². The summed E-state index contributed by atoms with van der Waals surface area (Å²) in [6, 6.07) is 6.79. The summed E-state index contributed by atoms with van der Waals surface area (Å²) in [5.74, 6) is -0.172. The minimum absolute atomic E-state index is 0.0107. The highest BCUT2D eigenvalue weighted by atomic mass is 32.2. The lowest BCUT2D eigenvalue weighted by molar-refractivity contribution is -0.128. The molecule has 0 radical (unpaired) electrons. The van der Waals surface area contributed by atoms with E-state index in [1.54, 1.807) is 24.3 Å². The summed E-state index contributed by atoms with van der Waals surface area (Å²) in [5, 5.41) is 2.96. The first-order valence-corrected chi connectivity index (χ1v) is 10.9. The number of hydrogen-bond donors (Lipinski definition) is 2. The Morgan fingerprint density at radius 2 is 1.85 bits per heavy atom. The lowest BCUT2D eigenvalue weighted by Crippen LogP contribution is -2.52. The summed E-state index contributed by atoms with van der Waals surface area (Å²) in [7, 11) is -3.39. The van der Waals surface area contributed by atoms with E-state index in [0.29, 0.717) is 24.5 Å². The number of amides is 1. The first kappa shape index (κ1) is 19.3. The zero-order chi connectivity index (χ0) is 18.8. The van der Waals surface area contributed by atoms with Crippen molar-refractivity contribution in [3.05, 3.63) is 29.8 Å². The second-order valence-electron chi connectivity index (χ2n) is 7.78. The van der Waals surface area contributed by atoms with Gasteiger partial charge in [0.15, 0.2) is 0 Å². The Bertz CT molecular complexity index is 738. The van der Waals surface area contributed by atoms with Crippen LogP contribution < -0.4 is 11.1 Å². The van der Waals surface area contributed by atoms with Crippen molar-refractivity contribution >= 4 is 15.9 Å². The molecule has 1 saturated carbocycles. The maximum absolute atomic E-state index is 12.5. The molecular weight excluding hydrogens is 350 g/mol. The number of carbonyl (C=O) groups excluding carboxylic acids is 1. The van der Waals surface area contributed by atoms with E-state index >= 15 is 0 Å². The molecule has 26 heavy (non-hydrogen) atoms. The van der Waals surface area contributed by atoms with Gasteiger partial charge >= 0.3 is 0 Å². The van der Waals surface area contributed by atoms with Crippen molar-refractivity contribution in [1.29, 1.82) is 0 Å². The van der Waals surface area contributed by atoms with E-state index in [-0.39, 0.29) is 11.8 Å². The van der Waals surface area contributed by atoms with Crippen LogP contribution in [0.3, 0.4) is 0 Å². The van der Waals surface area contributed by atoms with Crippen molar-refractivity contribution < 1.29 is 13.2 Å². The normalized spacial score (nSPS) is 27.4. The van der Waals surface area contributed by atoms with Crippen LogP contribution in [0.4, 0.5) is 0 Å². The van der Waals surface area contributed by atoms with E-state index in [1.807, 2.05) is 6.92 Å². The molecule has 1 aromatic rings. The third-order valence-corrected chi connectivity index (χ3v) is 7.58. The Kier molecular flexibility index (Phi) is 5.69. The smallest absolute Gasteiger partial charge is 0.243 e. The van der Waals surface area contributed by atoms with Gasteiger partial charge in [-0.1, -0.05) is 25.0 Å². The Morgan fingerprint density at radius 3 is 2.46 bits per heavy atom. The highest BCUT2D eigenvalue weighted by Gasteiger charge is 2.37. The summed E-state index contributed by atoms with van der Waals surface area (Å²) in [5.41, 5.74) is 6.72. The predicted octanol–water partition coefficient (Wildman–Crippen LogP) is 1.99. The van der Waals surface area contributed by atoms with Gasteiger partial charge in [0.1, 0.15) is 0 Å². The van der Waals surface area contributed by atoms with E-state index in [9.17, 15) is 13.2 Å². The number of nitrogens with zero attached hydrogens (tertiary/aromatic N) is 1. The molecule has 0 aromatic heterocycles. The maximum Gasteiger partial charge on any atom is 0.243 e. The van der Waals surface area contributed by atoms with Crippen LogP contribution in [0, 0.1) is 5.92 Å². The summed E-state index contributed by atoms with van der Waals surface area (Å²) in [6.07, 6.45) is 5.65. The molecule has 1 amide bonds. The summed E-state index contributed by atoms with van der Waals surface area (Å²) in [6.45, 7) is 3.53. The molecule has 1 heterocycles. The first-order valence-electron chi connectivity index (χ1n) is 9.46. The van der Waals surface area contributed by atoms with E-state index in [0.717, 1.165) is 44.1 Å². The van der Waals surface area contributed by atoms with Crippen LogP contribution in [-0.2, 0) is 21.4 Å². The predicted molar refractivity (Wildman–Crippen MR) is 101 cm³/mol. The zero-order valence-corrected chi connectivity index (χ0v) is 16.2. The minimum atomic E-state index is -3.39. The topological polar surface area (TPSA) is 92.5 Å². The van der Waals surface area contributed by atoms with Gasteiger partial charge in [0.25, 0.3) is 0 Å². The molecule has 7 heteroatoms. The number of benzene rings is 1. The second-order valence-corrected chi connectivity index (χ2v) is 9.72. The molecule has 2 aliphatic rings. The highest BCUT2D eigenvalue weighted by Crippen LogP contribution is 2.31. The van der Waals surface area contributed by atoms with Gasteiger partial charge < -0.3 is 11.1 Å². The summed E-state index contributed by atoms with van der Waals surface area (Å²) < 4.78 is 26.6. The molecule has 2 fully saturated rings. The molecule has 3 N–H and O–H groups in total. The van der Waals surface area contributed by atoms with Crippen LogP contribution in [0.2, 0.25) is 0 Å². The third-order valence-electron chi connectivity index (χ3n) is 5.66. The van der Waals surface area contributed by atoms with Crippen molar-refractivity contribution in [2.75, 3.05) is 13.1 Å². The summed E-state index contributed by atoms with van der Waals surface area (Å²) >= 11 is 0. The number of rotatable bonds is 5. The minimum Gasteiger partial charge on any atom is -0.352 e. The van der Waals surface area contributed by atoms with E-state index in [1.165, 1.54) is 4.31 Å². The van der Waals surface area contributed by atoms with Gasteiger partial charge in [-0.25, -0.2) is 8.42 Å². The van der Waals surface area contributed by atoms with Crippen LogP contribution in [0.15, 0.2) is 29.2 Å². The number of nitrogens with two attached hydrogens (primary N) is 1. The summed E-state index contributed by atoms with van der Waals surface area (Å²) in [4.78, 5) is 12.8. The number of sulfonamides is 1. The molecule has 3 rings (SSSR count). The second kappa shape index (κ2) is 7.66. The molecule has 2 unspecified atom stereocenters. The molecule has 1 saturated heterocycles. The van der Waals surface area contributed by atoms with E-state index in [4.69, 9.17) is 5.73 Å². The van der Waals surface area contributed by atoms with Gasteiger partial charge in [-0.15, -0.1) is 0 Å². The molecule has 1 aromatic carbocycles. The molecule has 1 aliphatic heterocycles. The number of carbonyl (C=O) groups is 1. The molecule has 0 bridgehead atoms. The Balaban J connectivity index is 1.60. The van der Waals surface area contributed by atoms with Gasteiger partial charge in [0.05, 0.1) is 10.8 Å². The van der Waals surface area contributed by atoms with Gasteiger partial charge in [-0.2, -0.15) is 4.31 Å². The standard InChI is InChI=1S/C19H29N3O3S/c1-19(20)11-3-2-6-17(19)18(23)21-14-15-7-9-16(10-8-15)26(24,25)22-12-4-5-13-22/h7-10,17H,2-6,11-14,20H2,1H3,(H,21,23). The number of hydrogen-bond acceptors (Lipinski definition) is 4. The van der Waals surface area contributed by atoms with Gasteiger partial charge in [-0.3, -0.25) is 4.79 Å². The molecule has 2 atom stereocenters. The van der Waals surface area contributed by atoms with Crippen molar-refractivity contribution in [2.45, 2.75) is 62.4 Å². The highest BCUT2D eigenvalue weighted by molar-refractivity contribution is 7.89. The van der Waals surface area contributed by atoms with Gasteiger partial charge in [0.2, 0.25) is 15.9 Å². The Hall–Kier alpha value is -1.44. The lowest BCUT2D eigenvalue weighted by Gasteiger charge is -2.37. The quantitative estimate of drug-likeness (QED) is 0.818. The van der Waals surface area contributed by atoms with Gasteiger partial charge in [-0.05, 0) is 50.3 Å². The molecule has 0 spiro atoms. The van der Waals surface area contributed by atoms with Crippen molar-refractivity contribution in [2.24, 2.45) is 11.7 Å². The molecule has 6 nitrogen and oxygen atoms in total. The molecule has 1 aliphatic carbocycles. The first-order chi connectivity index (χ1) is 12.3. The lowest BCUT2D eigenvalue weighted by atomic mass is 9.74. The Labute approximate surface area is 156 Å². The van der Waals surface area contributed by atoms with Crippen LogP contribution in [0.1, 0.15) is 51.0 Å². The average Bonchev–Trinajstić information content (AvgIpc) is 3.15. The maximum atomic E-state index is 12.5. The van der Waals surface area contributed by atoms with Crippen LogP contribution >= 0.6 is 0 Å². The van der Waals surface area contributed by atoms with Gasteiger partial charge in [0, 0.05) is 25.2 Å². The SMILES string of the molecule is CC1(N)CCCCC1C(=O)NCc1ccc(S(=O)(=O)N2CCCC2)cc1. The fraction of sp³-hybridized carbons (Fsp3) is 0.632. The number of nitrogens with one attached hydrogen (secondary N) is 1.